The fourth-order valence-electron chi connectivity index (χ4n) is 3.79. The number of carbonyl (C=O) groups is 1. The third-order valence-corrected chi connectivity index (χ3v) is 5.25. The number of nitrogens with zero attached hydrogens (tertiary/aromatic N) is 2. The molecule has 3 rings (SSSR count). The summed E-state index contributed by atoms with van der Waals surface area (Å²) >= 11 is 0. The average Bonchev–Trinajstić information content (AvgIpc) is 2.63. The van der Waals surface area contributed by atoms with E-state index in [0.717, 1.165) is 18.9 Å². The van der Waals surface area contributed by atoms with Crippen LogP contribution in [-0.2, 0) is 0 Å². The molecule has 1 heterocycles. The van der Waals surface area contributed by atoms with E-state index in [1.807, 2.05) is 4.90 Å². The van der Waals surface area contributed by atoms with Crippen molar-refractivity contribution in [3.63, 3.8) is 0 Å². The molecule has 2 amide bonds. The van der Waals surface area contributed by atoms with Crippen molar-refractivity contribution >= 4 is 17.4 Å². The predicted molar refractivity (Wildman–Crippen MR) is 96.8 cm³/mol. The highest BCUT2D eigenvalue weighted by Crippen LogP contribution is 2.26. The van der Waals surface area contributed by atoms with E-state index in [-0.39, 0.29) is 23.8 Å². The maximum absolute atomic E-state index is 14.1. The van der Waals surface area contributed by atoms with Crippen LogP contribution in [0.2, 0.25) is 0 Å². The van der Waals surface area contributed by atoms with Gasteiger partial charge in [-0.1, -0.05) is 19.3 Å². The minimum atomic E-state index is -0.603. The second-order valence-corrected chi connectivity index (χ2v) is 7.11. The number of anilines is 1. The van der Waals surface area contributed by atoms with Gasteiger partial charge in [0, 0.05) is 31.2 Å². The number of benzene rings is 1. The number of carbonyl (C=O) groups excluding carboxylic acids is 1. The molecule has 0 spiro atoms. The van der Waals surface area contributed by atoms with Gasteiger partial charge in [-0.3, -0.25) is 10.1 Å². The molecule has 1 aliphatic carbocycles. The van der Waals surface area contributed by atoms with Crippen molar-refractivity contribution in [2.24, 2.45) is 0 Å². The molecule has 0 atom stereocenters. The number of amides is 2. The SMILES string of the molecule is O=C(NC1CCCCC1)NC1CCN(c2ccc([N+](=O)[O-])cc2F)CC1. The largest absolute Gasteiger partial charge is 0.369 e. The first-order valence-electron chi connectivity index (χ1n) is 9.29. The zero-order valence-electron chi connectivity index (χ0n) is 14.7. The van der Waals surface area contributed by atoms with Crippen LogP contribution < -0.4 is 15.5 Å². The van der Waals surface area contributed by atoms with Crippen LogP contribution in [0.5, 0.6) is 0 Å². The Morgan fingerprint density at radius 1 is 1.08 bits per heavy atom. The van der Waals surface area contributed by atoms with Crippen LogP contribution in [0.15, 0.2) is 18.2 Å². The van der Waals surface area contributed by atoms with E-state index in [9.17, 15) is 19.3 Å². The van der Waals surface area contributed by atoms with Gasteiger partial charge in [0.1, 0.15) is 0 Å². The van der Waals surface area contributed by atoms with Gasteiger partial charge < -0.3 is 15.5 Å². The first kappa shape index (κ1) is 18.4. The van der Waals surface area contributed by atoms with Crippen LogP contribution in [0.1, 0.15) is 44.9 Å². The first-order valence-corrected chi connectivity index (χ1v) is 9.29. The monoisotopic (exact) mass is 364 g/mol. The summed E-state index contributed by atoms with van der Waals surface area (Å²) in [6, 6.07) is 3.96. The summed E-state index contributed by atoms with van der Waals surface area (Å²) in [6.45, 7) is 1.20. The summed E-state index contributed by atoms with van der Waals surface area (Å²) in [6.07, 6.45) is 7.12. The standard InChI is InChI=1S/C18H25FN4O3/c19-16-12-15(23(25)26)6-7-17(16)22-10-8-14(9-11-22)21-18(24)20-13-4-2-1-3-5-13/h6-7,12-14H,1-5,8-11H2,(H2,20,21,24). The second kappa shape index (κ2) is 8.33. The molecule has 1 aliphatic heterocycles. The van der Waals surface area contributed by atoms with E-state index in [1.54, 1.807) is 0 Å². The van der Waals surface area contributed by atoms with Gasteiger partial charge in [-0.25, -0.2) is 9.18 Å². The zero-order chi connectivity index (χ0) is 18.5. The summed E-state index contributed by atoms with van der Waals surface area (Å²) < 4.78 is 14.1. The summed E-state index contributed by atoms with van der Waals surface area (Å²) in [5.74, 6) is -0.583. The molecule has 142 valence electrons. The molecule has 1 aromatic rings. The van der Waals surface area contributed by atoms with Gasteiger partial charge >= 0.3 is 6.03 Å². The summed E-state index contributed by atoms with van der Waals surface area (Å²) in [5, 5.41) is 16.8. The summed E-state index contributed by atoms with van der Waals surface area (Å²) in [4.78, 5) is 24.1. The van der Waals surface area contributed by atoms with Crippen LogP contribution >= 0.6 is 0 Å². The molecule has 1 aromatic carbocycles. The van der Waals surface area contributed by atoms with Gasteiger partial charge in [-0.2, -0.15) is 0 Å². The van der Waals surface area contributed by atoms with Crippen molar-refractivity contribution in [2.75, 3.05) is 18.0 Å². The highest BCUT2D eigenvalue weighted by Gasteiger charge is 2.24. The van der Waals surface area contributed by atoms with Crippen molar-refractivity contribution in [2.45, 2.75) is 57.0 Å². The average molecular weight is 364 g/mol. The minimum Gasteiger partial charge on any atom is -0.369 e. The maximum Gasteiger partial charge on any atom is 0.315 e. The highest BCUT2D eigenvalue weighted by atomic mass is 19.1. The van der Waals surface area contributed by atoms with E-state index in [0.29, 0.717) is 31.6 Å². The number of urea groups is 1. The van der Waals surface area contributed by atoms with Crippen molar-refractivity contribution in [1.82, 2.24) is 10.6 Å². The third kappa shape index (κ3) is 4.62. The normalized spacial score (nSPS) is 19.2. The Kier molecular flexibility index (Phi) is 5.90. The van der Waals surface area contributed by atoms with Gasteiger partial charge in [-0.05, 0) is 31.7 Å². The van der Waals surface area contributed by atoms with E-state index < -0.39 is 10.7 Å². The molecule has 0 bridgehead atoms. The second-order valence-electron chi connectivity index (χ2n) is 7.11. The first-order chi connectivity index (χ1) is 12.5. The van der Waals surface area contributed by atoms with Crippen LogP contribution in [0.3, 0.4) is 0 Å². The predicted octanol–water partition coefficient (Wildman–Crippen LogP) is 3.33. The lowest BCUT2D eigenvalue weighted by Crippen LogP contribution is -2.50. The van der Waals surface area contributed by atoms with Crippen molar-refractivity contribution < 1.29 is 14.1 Å². The number of nitro groups is 1. The number of non-ortho nitro benzene ring substituents is 1. The molecule has 0 radical (unpaired) electrons. The Morgan fingerprint density at radius 3 is 2.27 bits per heavy atom. The van der Waals surface area contributed by atoms with Gasteiger partial charge in [-0.15, -0.1) is 0 Å². The molecule has 1 saturated carbocycles. The lowest BCUT2D eigenvalue weighted by molar-refractivity contribution is -0.385. The number of hydrogen-bond acceptors (Lipinski definition) is 4. The molecule has 8 heteroatoms. The van der Waals surface area contributed by atoms with Crippen LogP contribution in [0.4, 0.5) is 20.6 Å². The van der Waals surface area contributed by atoms with E-state index in [4.69, 9.17) is 0 Å². The van der Waals surface area contributed by atoms with E-state index >= 15 is 0 Å². The zero-order valence-corrected chi connectivity index (χ0v) is 14.7. The topological polar surface area (TPSA) is 87.5 Å². The Hall–Kier alpha value is -2.38. The fourth-order valence-corrected chi connectivity index (χ4v) is 3.79. The Labute approximate surface area is 152 Å². The molecule has 0 aromatic heterocycles. The van der Waals surface area contributed by atoms with E-state index in [1.165, 1.54) is 31.4 Å². The Bertz CT molecular complexity index is 656. The molecular formula is C18H25FN4O3. The van der Waals surface area contributed by atoms with Crippen LogP contribution in [0.25, 0.3) is 0 Å². The number of nitrogens with one attached hydrogen (secondary N) is 2. The van der Waals surface area contributed by atoms with Crippen LogP contribution in [-0.4, -0.2) is 36.1 Å². The Morgan fingerprint density at radius 2 is 1.69 bits per heavy atom. The summed E-state index contributed by atoms with van der Waals surface area (Å²) in [7, 11) is 0. The summed E-state index contributed by atoms with van der Waals surface area (Å²) in [5.41, 5.74) is 0.128. The smallest absolute Gasteiger partial charge is 0.315 e. The number of halogens is 1. The minimum absolute atomic E-state index is 0.0657. The van der Waals surface area contributed by atoms with E-state index in [2.05, 4.69) is 10.6 Å². The molecular weight excluding hydrogens is 339 g/mol. The Balaban J connectivity index is 1.48. The van der Waals surface area contributed by atoms with Crippen molar-refractivity contribution in [3.8, 4) is 0 Å². The molecule has 0 unspecified atom stereocenters. The molecule has 7 nitrogen and oxygen atoms in total. The molecule has 1 saturated heterocycles. The molecule has 2 N–H and O–H groups in total. The van der Waals surface area contributed by atoms with Crippen molar-refractivity contribution in [3.05, 3.63) is 34.1 Å². The molecule has 26 heavy (non-hydrogen) atoms. The maximum atomic E-state index is 14.1. The van der Waals surface area contributed by atoms with Gasteiger partial charge in [0.05, 0.1) is 16.7 Å². The number of nitro benzene ring substituents is 1. The highest BCUT2D eigenvalue weighted by molar-refractivity contribution is 5.74. The molecule has 2 fully saturated rings. The number of hydrogen-bond donors (Lipinski definition) is 2. The third-order valence-electron chi connectivity index (χ3n) is 5.25. The van der Waals surface area contributed by atoms with Crippen molar-refractivity contribution in [1.29, 1.82) is 0 Å². The number of rotatable bonds is 4. The quantitative estimate of drug-likeness (QED) is 0.634. The van der Waals surface area contributed by atoms with Gasteiger partial charge in [0.2, 0.25) is 0 Å². The fraction of sp³-hybridized carbons (Fsp3) is 0.611. The number of piperidine rings is 1. The lowest BCUT2D eigenvalue weighted by Gasteiger charge is -2.34. The van der Waals surface area contributed by atoms with Gasteiger partial charge in [0.25, 0.3) is 5.69 Å². The molecule has 2 aliphatic rings. The van der Waals surface area contributed by atoms with Gasteiger partial charge in [0.15, 0.2) is 5.82 Å². The van der Waals surface area contributed by atoms with Crippen LogP contribution in [0, 0.1) is 15.9 Å². The lowest BCUT2D eigenvalue weighted by atomic mass is 9.96.